The molecule has 0 aliphatic heterocycles. The summed E-state index contributed by atoms with van der Waals surface area (Å²) >= 11 is 0. The minimum absolute atomic E-state index is 0.119. The van der Waals surface area contributed by atoms with Gasteiger partial charge >= 0.3 is 0 Å². The highest BCUT2D eigenvalue weighted by Gasteiger charge is 2.15. The van der Waals surface area contributed by atoms with Crippen LogP contribution in [0.3, 0.4) is 0 Å². The van der Waals surface area contributed by atoms with E-state index in [1.54, 1.807) is 18.3 Å². The van der Waals surface area contributed by atoms with Crippen molar-refractivity contribution in [2.75, 3.05) is 7.05 Å². The number of para-hydroxylation sites is 1. The second kappa shape index (κ2) is 6.92. The summed E-state index contributed by atoms with van der Waals surface area (Å²) in [6, 6.07) is 17.0. The van der Waals surface area contributed by atoms with Crippen molar-refractivity contribution in [2.24, 2.45) is 5.14 Å². The molecule has 0 unspecified atom stereocenters. The summed E-state index contributed by atoms with van der Waals surface area (Å²) in [5.41, 5.74) is 3.20. The normalized spacial score (nSPS) is 13.3. The van der Waals surface area contributed by atoms with E-state index in [0.717, 1.165) is 28.6 Å². The summed E-state index contributed by atoms with van der Waals surface area (Å²) in [5, 5.41) is 6.28. The van der Waals surface area contributed by atoms with Crippen molar-refractivity contribution in [3.05, 3.63) is 71.9 Å². The molecule has 5 nitrogen and oxygen atoms in total. The molecule has 2 aromatic carbocycles. The maximum Gasteiger partial charge on any atom is 0.238 e. The summed E-state index contributed by atoms with van der Waals surface area (Å²) in [7, 11) is -1.62. The third kappa shape index (κ3) is 3.87. The fourth-order valence-corrected chi connectivity index (χ4v) is 3.41. The molecule has 0 fully saturated rings. The van der Waals surface area contributed by atoms with Gasteiger partial charge < -0.3 is 0 Å². The first-order valence-electron chi connectivity index (χ1n) is 8.02. The molecule has 1 aromatic heterocycles. The van der Waals surface area contributed by atoms with E-state index < -0.39 is 10.0 Å². The van der Waals surface area contributed by atoms with Crippen molar-refractivity contribution in [1.82, 2.24) is 9.88 Å². The van der Waals surface area contributed by atoms with E-state index in [-0.39, 0.29) is 10.9 Å². The van der Waals surface area contributed by atoms with Gasteiger partial charge in [0.05, 0.1) is 10.4 Å². The van der Waals surface area contributed by atoms with Crippen molar-refractivity contribution in [3.8, 4) is 0 Å². The van der Waals surface area contributed by atoms with Gasteiger partial charge in [0, 0.05) is 24.2 Å². The third-order valence-electron chi connectivity index (χ3n) is 4.49. The van der Waals surface area contributed by atoms with Gasteiger partial charge in [-0.2, -0.15) is 0 Å². The first-order valence-corrected chi connectivity index (χ1v) is 9.56. The van der Waals surface area contributed by atoms with Crippen molar-refractivity contribution in [2.45, 2.75) is 24.4 Å². The van der Waals surface area contributed by atoms with Gasteiger partial charge in [-0.15, -0.1) is 0 Å². The van der Waals surface area contributed by atoms with Gasteiger partial charge in [-0.25, -0.2) is 13.6 Å². The average molecular weight is 355 g/mol. The van der Waals surface area contributed by atoms with Gasteiger partial charge in [-0.1, -0.05) is 36.4 Å². The highest BCUT2D eigenvalue weighted by atomic mass is 32.2. The maximum atomic E-state index is 11.4. The molecular weight excluding hydrogens is 334 g/mol. The molecule has 0 saturated carbocycles. The minimum atomic E-state index is -3.66. The van der Waals surface area contributed by atoms with Crippen LogP contribution in [-0.2, 0) is 16.6 Å². The topological polar surface area (TPSA) is 76.3 Å². The molecule has 0 amide bonds. The van der Waals surface area contributed by atoms with Gasteiger partial charge in [-0.05, 0) is 43.3 Å². The second-order valence-electron chi connectivity index (χ2n) is 6.20. The Morgan fingerprint density at radius 3 is 2.44 bits per heavy atom. The van der Waals surface area contributed by atoms with E-state index >= 15 is 0 Å². The molecular formula is C19H21N3O2S. The van der Waals surface area contributed by atoms with E-state index in [2.05, 4.69) is 35.0 Å². The lowest BCUT2D eigenvalue weighted by molar-refractivity contribution is 0.254. The molecule has 0 radical (unpaired) electrons. The molecule has 0 saturated heterocycles. The zero-order valence-corrected chi connectivity index (χ0v) is 15.1. The summed E-state index contributed by atoms with van der Waals surface area (Å²) in [5.74, 6) is 0. The lowest BCUT2D eigenvalue weighted by Gasteiger charge is -2.25. The Morgan fingerprint density at radius 2 is 1.76 bits per heavy atom. The molecule has 0 aliphatic carbocycles. The molecule has 2 N–H and O–H groups in total. The Morgan fingerprint density at radius 1 is 1.08 bits per heavy atom. The summed E-state index contributed by atoms with van der Waals surface area (Å²) in [6.45, 7) is 2.83. The predicted molar refractivity (Wildman–Crippen MR) is 99.4 cm³/mol. The summed E-state index contributed by atoms with van der Waals surface area (Å²) < 4.78 is 22.7. The number of nitrogens with two attached hydrogens (primary N) is 1. The SMILES string of the molecule is C[C@H](c1ccc(S(N)(=O)=O)cc1)N(C)Cc1cccc2cccnc12. The van der Waals surface area contributed by atoms with Gasteiger partial charge in [0.1, 0.15) is 0 Å². The highest BCUT2D eigenvalue weighted by molar-refractivity contribution is 7.89. The van der Waals surface area contributed by atoms with Crippen LogP contribution in [0.5, 0.6) is 0 Å². The molecule has 0 spiro atoms. The fourth-order valence-electron chi connectivity index (χ4n) is 2.89. The fraction of sp³-hybridized carbons (Fsp3) is 0.211. The summed E-state index contributed by atoms with van der Waals surface area (Å²) in [4.78, 5) is 6.83. The van der Waals surface area contributed by atoms with Crippen LogP contribution < -0.4 is 5.14 Å². The number of hydrogen-bond acceptors (Lipinski definition) is 4. The molecule has 0 aliphatic rings. The molecule has 3 aromatic rings. The molecule has 1 heterocycles. The number of benzene rings is 2. The number of aromatic nitrogens is 1. The van der Waals surface area contributed by atoms with E-state index in [4.69, 9.17) is 5.14 Å². The quantitative estimate of drug-likeness (QED) is 0.763. The van der Waals surface area contributed by atoms with Crippen LogP contribution in [0.4, 0.5) is 0 Å². The molecule has 1 atom stereocenters. The molecule has 130 valence electrons. The minimum Gasteiger partial charge on any atom is -0.295 e. The standard InChI is InChI=1S/C19H21N3O2S/c1-14(15-8-10-18(11-9-15)25(20,23)24)22(2)13-17-6-3-5-16-7-4-12-21-19(16)17/h3-12,14H,13H2,1-2H3,(H2,20,23,24)/t14-/m1/s1. The number of sulfonamides is 1. The van der Waals surface area contributed by atoms with Crippen LogP contribution in [0.1, 0.15) is 24.1 Å². The van der Waals surface area contributed by atoms with Crippen LogP contribution in [-0.4, -0.2) is 25.3 Å². The Balaban J connectivity index is 1.81. The Labute approximate surface area is 148 Å². The lowest BCUT2D eigenvalue weighted by atomic mass is 10.1. The predicted octanol–water partition coefficient (Wildman–Crippen LogP) is 3.08. The number of pyridine rings is 1. The van der Waals surface area contributed by atoms with Gasteiger partial charge in [0.15, 0.2) is 0 Å². The zero-order valence-electron chi connectivity index (χ0n) is 14.3. The van der Waals surface area contributed by atoms with Crippen LogP contribution >= 0.6 is 0 Å². The first-order chi connectivity index (χ1) is 11.9. The van der Waals surface area contributed by atoms with Crippen LogP contribution in [0.2, 0.25) is 0 Å². The average Bonchev–Trinajstić information content (AvgIpc) is 2.61. The smallest absolute Gasteiger partial charge is 0.238 e. The van der Waals surface area contributed by atoms with E-state index in [1.165, 1.54) is 0 Å². The van der Waals surface area contributed by atoms with Crippen molar-refractivity contribution >= 4 is 20.9 Å². The monoisotopic (exact) mass is 355 g/mol. The first kappa shape index (κ1) is 17.5. The Hall–Kier alpha value is -2.28. The lowest BCUT2D eigenvalue weighted by Crippen LogP contribution is -2.22. The molecule has 3 rings (SSSR count). The van der Waals surface area contributed by atoms with Gasteiger partial charge in [0.2, 0.25) is 10.0 Å². The van der Waals surface area contributed by atoms with E-state index in [9.17, 15) is 8.42 Å². The zero-order chi connectivity index (χ0) is 18.0. The van der Waals surface area contributed by atoms with Crippen molar-refractivity contribution in [1.29, 1.82) is 0 Å². The second-order valence-corrected chi connectivity index (χ2v) is 7.76. The van der Waals surface area contributed by atoms with Crippen molar-refractivity contribution < 1.29 is 8.42 Å². The van der Waals surface area contributed by atoms with Crippen LogP contribution in [0, 0.1) is 0 Å². The Bertz CT molecular complexity index is 980. The summed E-state index contributed by atoms with van der Waals surface area (Å²) in [6.07, 6.45) is 1.81. The Kier molecular flexibility index (Phi) is 4.85. The largest absolute Gasteiger partial charge is 0.295 e. The van der Waals surface area contributed by atoms with E-state index in [1.807, 2.05) is 31.3 Å². The number of hydrogen-bond donors (Lipinski definition) is 1. The van der Waals surface area contributed by atoms with Gasteiger partial charge in [-0.3, -0.25) is 9.88 Å². The van der Waals surface area contributed by atoms with E-state index in [0.29, 0.717) is 0 Å². The van der Waals surface area contributed by atoms with Gasteiger partial charge in [0.25, 0.3) is 0 Å². The number of nitrogens with zero attached hydrogens (tertiary/aromatic N) is 2. The number of fused-ring (bicyclic) bond motifs is 1. The molecule has 6 heteroatoms. The number of rotatable bonds is 5. The van der Waals surface area contributed by atoms with Crippen LogP contribution in [0.25, 0.3) is 10.9 Å². The third-order valence-corrected chi connectivity index (χ3v) is 5.42. The van der Waals surface area contributed by atoms with Crippen LogP contribution in [0.15, 0.2) is 65.7 Å². The molecule has 25 heavy (non-hydrogen) atoms. The number of primary sulfonamides is 1. The maximum absolute atomic E-state index is 11.4. The highest BCUT2D eigenvalue weighted by Crippen LogP contribution is 2.24. The molecule has 0 bridgehead atoms. The van der Waals surface area contributed by atoms with Crippen molar-refractivity contribution in [3.63, 3.8) is 0 Å².